The predicted octanol–water partition coefficient (Wildman–Crippen LogP) is 3.32. The van der Waals surface area contributed by atoms with Crippen molar-refractivity contribution < 1.29 is 23.8 Å². The van der Waals surface area contributed by atoms with Gasteiger partial charge in [-0.1, -0.05) is 18.2 Å². The molecule has 2 aliphatic heterocycles. The van der Waals surface area contributed by atoms with Crippen LogP contribution in [0.15, 0.2) is 47.4 Å². The monoisotopic (exact) mass is 355 g/mol. The van der Waals surface area contributed by atoms with E-state index in [4.69, 9.17) is 14.2 Å². The van der Waals surface area contributed by atoms with Crippen LogP contribution in [0.25, 0.3) is 6.08 Å². The number of rotatable bonds is 4. The van der Waals surface area contributed by atoms with Crippen LogP contribution in [0, 0.1) is 0 Å². The lowest BCUT2D eigenvalue weighted by Crippen LogP contribution is -2.17. The fraction of sp³-hybridized carbons (Fsp3) is 0.111. The van der Waals surface area contributed by atoms with Crippen molar-refractivity contribution >= 4 is 29.0 Å². The molecule has 1 fully saturated rings. The summed E-state index contributed by atoms with van der Waals surface area (Å²) in [7, 11) is 0. The third kappa shape index (κ3) is 3.46. The molecule has 7 heteroatoms. The Morgan fingerprint density at radius 2 is 1.88 bits per heavy atom. The van der Waals surface area contributed by atoms with Crippen LogP contribution < -0.4 is 19.5 Å². The highest BCUT2D eigenvalue weighted by Gasteiger charge is 2.24. The Morgan fingerprint density at radius 1 is 1.08 bits per heavy atom. The number of hydrogen-bond donors (Lipinski definition) is 1. The molecule has 0 aromatic heterocycles. The van der Waals surface area contributed by atoms with Gasteiger partial charge < -0.3 is 14.2 Å². The summed E-state index contributed by atoms with van der Waals surface area (Å²) < 4.78 is 16.4. The molecule has 0 radical (unpaired) electrons. The van der Waals surface area contributed by atoms with E-state index in [0.717, 1.165) is 34.4 Å². The molecule has 1 saturated heterocycles. The average Bonchev–Trinajstić information content (AvgIpc) is 3.20. The minimum absolute atomic E-state index is 0.249. The molecule has 2 amide bonds. The van der Waals surface area contributed by atoms with Crippen molar-refractivity contribution in [1.29, 1.82) is 0 Å². The Bertz CT molecular complexity index is 876. The Labute approximate surface area is 147 Å². The third-order valence-corrected chi connectivity index (χ3v) is 4.47. The van der Waals surface area contributed by atoms with E-state index < -0.39 is 0 Å². The summed E-state index contributed by atoms with van der Waals surface area (Å²) in [5.41, 5.74) is 1.80. The molecule has 0 spiro atoms. The van der Waals surface area contributed by atoms with Gasteiger partial charge in [0.05, 0.1) is 4.91 Å². The molecule has 0 saturated carbocycles. The molecule has 6 nitrogen and oxygen atoms in total. The van der Waals surface area contributed by atoms with E-state index in [1.807, 2.05) is 42.5 Å². The van der Waals surface area contributed by atoms with Crippen LogP contribution in [0.3, 0.4) is 0 Å². The Morgan fingerprint density at radius 3 is 2.64 bits per heavy atom. The van der Waals surface area contributed by atoms with Gasteiger partial charge in [-0.3, -0.25) is 14.9 Å². The maximum atomic E-state index is 11.5. The average molecular weight is 355 g/mol. The summed E-state index contributed by atoms with van der Waals surface area (Å²) in [6.07, 6.45) is 1.67. The Hall–Kier alpha value is -2.93. The lowest BCUT2D eigenvalue weighted by atomic mass is 10.2. The van der Waals surface area contributed by atoms with Gasteiger partial charge in [0.2, 0.25) is 6.79 Å². The van der Waals surface area contributed by atoms with E-state index in [2.05, 4.69) is 5.32 Å². The van der Waals surface area contributed by atoms with Crippen LogP contribution in [0.4, 0.5) is 4.79 Å². The lowest BCUT2D eigenvalue weighted by Gasteiger charge is -2.07. The first-order chi connectivity index (χ1) is 12.2. The SMILES string of the molecule is O=C1NC(=O)/C(=C/c2ccc(OCc3ccc4c(c3)OCO4)cc2)S1. The van der Waals surface area contributed by atoms with Crippen molar-refractivity contribution in [1.82, 2.24) is 5.32 Å². The zero-order chi connectivity index (χ0) is 17.2. The molecule has 0 bridgehead atoms. The van der Waals surface area contributed by atoms with Crippen LogP contribution in [-0.4, -0.2) is 17.9 Å². The number of benzene rings is 2. The van der Waals surface area contributed by atoms with E-state index in [0.29, 0.717) is 17.3 Å². The maximum Gasteiger partial charge on any atom is 0.290 e. The van der Waals surface area contributed by atoms with Crippen molar-refractivity contribution in [3.63, 3.8) is 0 Å². The molecule has 2 aromatic rings. The van der Waals surface area contributed by atoms with Gasteiger partial charge >= 0.3 is 0 Å². The van der Waals surface area contributed by atoms with Gasteiger partial charge in [0.15, 0.2) is 11.5 Å². The van der Waals surface area contributed by atoms with Gasteiger partial charge in [-0.05, 0) is 53.2 Å². The van der Waals surface area contributed by atoms with Crippen LogP contribution in [0.1, 0.15) is 11.1 Å². The van der Waals surface area contributed by atoms with E-state index in [1.165, 1.54) is 0 Å². The number of carbonyl (C=O) groups is 2. The molecular formula is C18H13NO5S. The fourth-order valence-corrected chi connectivity index (χ4v) is 3.11. The van der Waals surface area contributed by atoms with Gasteiger partial charge in [-0.15, -0.1) is 0 Å². The van der Waals surface area contributed by atoms with E-state index in [1.54, 1.807) is 6.08 Å². The molecule has 25 heavy (non-hydrogen) atoms. The number of ether oxygens (including phenoxy) is 3. The minimum atomic E-state index is -0.363. The Balaban J connectivity index is 1.40. The predicted molar refractivity (Wildman–Crippen MR) is 92.4 cm³/mol. The topological polar surface area (TPSA) is 73.9 Å². The van der Waals surface area contributed by atoms with Gasteiger partial charge in [-0.2, -0.15) is 0 Å². The first-order valence-corrected chi connectivity index (χ1v) is 8.35. The van der Waals surface area contributed by atoms with E-state index >= 15 is 0 Å². The highest BCUT2D eigenvalue weighted by Crippen LogP contribution is 2.33. The van der Waals surface area contributed by atoms with Gasteiger partial charge in [-0.25, -0.2) is 0 Å². The van der Waals surface area contributed by atoms with E-state index in [9.17, 15) is 9.59 Å². The summed E-state index contributed by atoms with van der Waals surface area (Å²) in [5, 5.41) is 1.88. The number of hydrogen-bond acceptors (Lipinski definition) is 6. The second-order valence-corrected chi connectivity index (χ2v) is 6.41. The molecule has 2 aliphatic rings. The van der Waals surface area contributed by atoms with Crippen LogP contribution in [0.2, 0.25) is 0 Å². The second kappa shape index (κ2) is 6.52. The molecule has 126 valence electrons. The summed E-state index contributed by atoms with van der Waals surface area (Å²) in [6.45, 7) is 0.655. The number of thioether (sulfide) groups is 1. The lowest BCUT2D eigenvalue weighted by molar-refractivity contribution is -0.115. The molecule has 2 heterocycles. The molecular weight excluding hydrogens is 342 g/mol. The fourth-order valence-electron chi connectivity index (χ4n) is 2.43. The summed E-state index contributed by atoms with van der Waals surface area (Å²) in [5.74, 6) is 1.82. The van der Waals surface area contributed by atoms with Crippen LogP contribution in [0.5, 0.6) is 17.2 Å². The number of amides is 2. The quantitative estimate of drug-likeness (QED) is 0.848. The van der Waals surface area contributed by atoms with E-state index in [-0.39, 0.29) is 17.9 Å². The molecule has 0 atom stereocenters. The van der Waals surface area contributed by atoms with Crippen molar-refractivity contribution in [3.05, 3.63) is 58.5 Å². The first-order valence-electron chi connectivity index (χ1n) is 7.54. The zero-order valence-electron chi connectivity index (χ0n) is 13.0. The van der Waals surface area contributed by atoms with Gasteiger partial charge in [0, 0.05) is 0 Å². The van der Waals surface area contributed by atoms with Gasteiger partial charge in [0.25, 0.3) is 11.1 Å². The number of fused-ring (bicyclic) bond motifs is 1. The molecule has 1 N–H and O–H groups in total. The summed E-state index contributed by atoms with van der Waals surface area (Å²) in [4.78, 5) is 23.1. The second-order valence-electron chi connectivity index (χ2n) is 5.40. The Kier molecular flexibility index (Phi) is 4.07. The molecule has 0 aliphatic carbocycles. The van der Waals surface area contributed by atoms with Crippen LogP contribution in [-0.2, 0) is 11.4 Å². The number of nitrogens with one attached hydrogen (secondary N) is 1. The summed E-state index contributed by atoms with van der Waals surface area (Å²) in [6, 6.07) is 13.0. The normalized spacial score (nSPS) is 17.0. The van der Waals surface area contributed by atoms with Crippen LogP contribution >= 0.6 is 11.8 Å². The third-order valence-electron chi connectivity index (χ3n) is 3.66. The maximum absolute atomic E-state index is 11.5. The van der Waals surface area contributed by atoms with Gasteiger partial charge in [0.1, 0.15) is 12.4 Å². The summed E-state index contributed by atoms with van der Waals surface area (Å²) >= 11 is 0.898. The molecule has 0 unspecified atom stereocenters. The molecule has 2 aromatic carbocycles. The standard InChI is InChI=1S/C18H13NO5S/c20-17-16(25-18(21)19-17)8-11-1-4-13(5-2-11)22-9-12-3-6-14-15(7-12)24-10-23-14/h1-8H,9-10H2,(H,19,20,21)/b16-8-. The van der Waals surface area contributed by atoms with Crippen molar-refractivity contribution in [2.24, 2.45) is 0 Å². The van der Waals surface area contributed by atoms with Crippen molar-refractivity contribution in [2.75, 3.05) is 6.79 Å². The van der Waals surface area contributed by atoms with Crippen molar-refractivity contribution in [3.8, 4) is 17.2 Å². The number of carbonyl (C=O) groups excluding carboxylic acids is 2. The van der Waals surface area contributed by atoms with Crippen molar-refractivity contribution in [2.45, 2.75) is 6.61 Å². The highest BCUT2D eigenvalue weighted by molar-refractivity contribution is 8.18. The largest absolute Gasteiger partial charge is 0.489 e. The highest BCUT2D eigenvalue weighted by atomic mass is 32.2. The zero-order valence-corrected chi connectivity index (χ0v) is 13.8. The number of imide groups is 1. The smallest absolute Gasteiger partial charge is 0.290 e. The minimum Gasteiger partial charge on any atom is -0.489 e. The molecule has 4 rings (SSSR count). The first kappa shape index (κ1) is 15.6.